The van der Waals surface area contributed by atoms with E-state index in [4.69, 9.17) is 0 Å². The van der Waals surface area contributed by atoms with Gasteiger partial charge in [0.2, 0.25) is 0 Å². The summed E-state index contributed by atoms with van der Waals surface area (Å²) in [7, 11) is 1.24. The molecule has 0 fully saturated rings. The third-order valence-electron chi connectivity index (χ3n) is 1.64. The van der Waals surface area contributed by atoms with Crippen molar-refractivity contribution in [1.82, 2.24) is 0 Å². The van der Waals surface area contributed by atoms with E-state index in [-0.39, 0.29) is 10.5 Å². The van der Waals surface area contributed by atoms with Crippen LogP contribution in [0.15, 0.2) is 10.5 Å². The molecule has 0 bridgehead atoms. The highest BCUT2D eigenvalue weighted by Crippen LogP contribution is 2.16. The van der Waals surface area contributed by atoms with Gasteiger partial charge in [-0.05, 0) is 23.9 Å². The Balaban J connectivity index is 5.05. The van der Waals surface area contributed by atoms with E-state index in [1.807, 2.05) is 0 Å². The molecule has 76 valence electrons. The van der Waals surface area contributed by atoms with E-state index in [2.05, 4.69) is 4.74 Å². The Bertz CT molecular complexity index is 245. The summed E-state index contributed by atoms with van der Waals surface area (Å²) < 4.78 is 25.8. The highest BCUT2D eigenvalue weighted by atomic mass is 32.2. The van der Waals surface area contributed by atoms with E-state index in [0.29, 0.717) is 12.8 Å². The molecule has 0 aromatic carbocycles. The zero-order valence-corrected chi connectivity index (χ0v) is 8.77. The summed E-state index contributed by atoms with van der Waals surface area (Å²) in [6, 6.07) is 0. The van der Waals surface area contributed by atoms with Crippen LogP contribution in [0.2, 0.25) is 0 Å². The zero-order chi connectivity index (χ0) is 10.4. The minimum atomic E-state index is -2.33. The van der Waals surface area contributed by atoms with Crippen LogP contribution < -0.4 is 0 Å². The number of rotatable bonds is 4. The minimum Gasteiger partial charge on any atom is -0.769 e. The molecule has 4 nitrogen and oxygen atoms in total. The fourth-order valence-electron chi connectivity index (χ4n) is 1.01. The summed E-state index contributed by atoms with van der Waals surface area (Å²) in [6.45, 7) is 3.40. The van der Waals surface area contributed by atoms with E-state index >= 15 is 0 Å². The molecule has 13 heavy (non-hydrogen) atoms. The molecule has 5 heteroatoms. The van der Waals surface area contributed by atoms with E-state index < -0.39 is 17.0 Å². The lowest BCUT2D eigenvalue weighted by Gasteiger charge is -2.12. The SMILES string of the molecule is CCC(C(=O)OC)=C(CC)S(=O)[O-]. The summed E-state index contributed by atoms with van der Waals surface area (Å²) in [5.41, 5.74) is 0.235. The van der Waals surface area contributed by atoms with Crippen LogP contribution in [0.3, 0.4) is 0 Å². The maximum atomic E-state index is 11.1. The van der Waals surface area contributed by atoms with Crippen molar-refractivity contribution in [3.8, 4) is 0 Å². The predicted molar refractivity (Wildman–Crippen MR) is 48.5 cm³/mol. The Morgan fingerprint density at radius 1 is 1.38 bits per heavy atom. The van der Waals surface area contributed by atoms with Gasteiger partial charge in [0.1, 0.15) is 0 Å². The molecule has 1 atom stereocenters. The largest absolute Gasteiger partial charge is 0.769 e. The van der Waals surface area contributed by atoms with Crippen LogP contribution >= 0.6 is 0 Å². The van der Waals surface area contributed by atoms with Crippen LogP contribution in [-0.4, -0.2) is 21.8 Å². The van der Waals surface area contributed by atoms with Gasteiger partial charge in [0.05, 0.1) is 7.11 Å². The summed E-state index contributed by atoms with van der Waals surface area (Å²) in [5.74, 6) is -0.566. The number of hydrogen-bond donors (Lipinski definition) is 0. The van der Waals surface area contributed by atoms with Crippen molar-refractivity contribution in [3.05, 3.63) is 10.5 Å². The van der Waals surface area contributed by atoms with Crippen molar-refractivity contribution in [2.45, 2.75) is 26.7 Å². The molecule has 0 aliphatic heterocycles. The Kier molecular flexibility index (Phi) is 5.57. The summed E-state index contributed by atoms with van der Waals surface area (Å²) in [5, 5.41) is 0. The van der Waals surface area contributed by atoms with Crippen LogP contribution in [0.1, 0.15) is 26.7 Å². The fourth-order valence-corrected chi connectivity index (χ4v) is 1.67. The quantitative estimate of drug-likeness (QED) is 0.392. The van der Waals surface area contributed by atoms with E-state index in [1.54, 1.807) is 13.8 Å². The van der Waals surface area contributed by atoms with Gasteiger partial charge in [-0.2, -0.15) is 0 Å². The molecule has 0 heterocycles. The van der Waals surface area contributed by atoms with Crippen LogP contribution in [0.25, 0.3) is 0 Å². The van der Waals surface area contributed by atoms with Gasteiger partial charge in [0, 0.05) is 10.5 Å². The molecule has 1 unspecified atom stereocenters. The van der Waals surface area contributed by atoms with Crippen molar-refractivity contribution in [1.29, 1.82) is 0 Å². The average molecular weight is 205 g/mol. The highest BCUT2D eigenvalue weighted by Gasteiger charge is 2.13. The Labute approximate surface area is 80.3 Å². The normalized spacial score (nSPS) is 14.8. The van der Waals surface area contributed by atoms with Crippen LogP contribution in [0.4, 0.5) is 0 Å². The molecule has 0 radical (unpaired) electrons. The lowest BCUT2D eigenvalue weighted by Crippen LogP contribution is -2.09. The third-order valence-corrected chi connectivity index (χ3v) is 2.58. The first-order chi connectivity index (χ1) is 6.08. The van der Waals surface area contributed by atoms with Gasteiger partial charge in [0.25, 0.3) is 0 Å². The van der Waals surface area contributed by atoms with Crippen molar-refractivity contribution in [3.63, 3.8) is 0 Å². The molecule has 0 aromatic heterocycles. The molecule has 0 aromatic rings. The number of esters is 1. The number of methoxy groups -OCH3 is 1. The summed E-state index contributed by atoms with van der Waals surface area (Å²) >= 11 is -2.33. The number of carbonyl (C=O) groups excluding carboxylic acids is 1. The summed E-state index contributed by atoms with van der Waals surface area (Å²) in [6.07, 6.45) is 0.679. The van der Waals surface area contributed by atoms with Gasteiger partial charge in [-0.3, -0.25) is 4.21 Å². The number of allylic oxidation sites excluding steroid dienone is 1. The second-order valence-corrected chi connectivity index (χ2v) is 3.30. The van der Waals surface area contributed by atoms with Gasteiger partial charge >= 0.3 is 5.97 Å². The van der Waals surface area contributed by atoms with Crippen LogP contribution in [0.5, 0.6) is 0 Å². The molecule has 0 aliphatic carbocycles. The molecule has 0 saturated carbocycles. The van der Waals surface area contributed by atoms with Gasteiger partial charge in [0.15, 0.2) is 0 Å². The zero-order valence-electron chi connectivity index (χ0n) is 7.96. The van der Waals surface area contributed by atoms with E-state index in [0.717, 1.165) is 0 Å². The fraction of sp³-hybridized carbons (Fsp3) is 0.625. The molecule has 0 spiro atoms. The van der Waals surface area contributed by atoms with Gasteiger partial charge in [-0.25, -0.2) is 4.79 Å². The lowest BCUT2D eigenvalue weighted by molar-refractivity contribution is -0.136. The predicted octanol–water partition coefficient (Wildman–Crippen LogP) is 1.11. The van der Waals surface area contributed by atoms with Gasteiger partial charge in [-0.1, -0.05) is 13.8 Å². The van der Waals surface area contributed by atoms with E-state index in [9.17, 15) is 13.6 Å². The summed E-state index contributed by atoms with van der Waals surface area (Å²) in [4.78, 5) is 11.2. The van der Waals surface area contributed by atoms with Crippen molar-refractivity contribution in [2.24, 2.45) is 0 Å². The smallest absolute Gasteiger partial charge is 0.334 e. The lowest BCUT2D eigenvalue weighted by atomic mass is 10.2. The second-order valence-electron chi connectivity index (χ2n) is 2.34. The first-order valence-corrected chi connectivity index (χ1v) is 5.05. The van der Waals surface area contributed by atoms with Crippen molar-refractivity contribution >= 4 is 17.0 Å². The van der Waals surface area contributed by atoms with Gasteiger partial charge in [-0.15, -0.1) is 0 Å². The molecule has 0 rings (SSSR count). The highest BCUT2D eigenvalue weighted by molar-refractivity contribution is 7.83. The number of hydrogen-bond acceptors (Lipinski definition) is 4. The van der Waals surface area contributed by atoms with Crippen LogP contribution in [0, 0.1) is 0 Å². The van der Waals surface area contributed by atoms with Crippen LogP contribution in [-0.2, 0) is 20.6 Å². The first-order valence-electron chi connectivity index (χ1n) is 3.98. The van der Waals surface area contributed by atoms with Crippen molar-refractivity contribution < 1.29 is 18.3 Å². The Hall–Kier alpha value is -0.680. The third kappa shape index (κ3) is 3.28. The molecular weight excluding hydrogens is 192 g/mol. The Morgan fingerprint density at radius 3 is 2.15 bits per heavy atom. The molecule has 0 aliphatic rings. The molecule has 0 saturated heterocycles. The monoisotopic (exact) mass is 205 g/mol. The average Bonchev–Trinajstić information content (AvgIpc) is 2.12. The topological polar surface area (TPSA) is 66.4 Å². The van der Waals surface area contributed by atoms with E-state index in [1.165, 1.54) is 7.11 Å². The molecular formula is C8H13O4S-. The maximum Gasteiger partial charge on any atom is 0.334 e. The number of carbonyl (C=O) groups is 1. The maximum absolute atomic E-state index is 11.1. The molecule has 0 N–H and O–H groups in total. The Morgan fingerprint density at radius 2 is 1.92 bits per heavy atom. The number of ether oxygens (including phenoxy) is 1. The van der Waals surface area contributed by atoms with Gasteiger partial charge < -0.3 is 9.29 Å². The first kappa shape index (κ1) is 12.3. The minimum absolute atomic E-state index is 0.134. The standard InChI is InChI=1S/C8H14O4S/c1-4-6(8(9)12-3)7(5-2)13(10)11/h4-5H2,1-3H3,(H,10,11)/p-1. The second kappa shape index (κ2) is 5.88. The molecule has 0 amide bonds. The van der Waals surface area contributed by atoms with Crippen molar-refractivity contribution in [2.75, 3.05) is 7.11 Å².